The number of nitrogens with two attached hydrogens (primary N) is 1. The monoisotopic (exact) mass is 232 g/mol. The summed E-state index contributed by atoms with van der Waals surface area (Å²) in [5.74, 6) is 5.73. The fourth-order valence-corrected chi connectivity index (χ4v) is 1.36. The molecule has 0 unspecified atom stereocenters. The molecule has 2 heterocycles. The summed E-state index contributed by atoms with van der Waals surface area (Å²) in [6, 6.07) is 1.63. The Morgan fingerprint density at radius 3 is 3.06 bits per heavy atom. The van der Waals surface area contributed by atoms with Crippen molar-refractivity contribution in [1.29, 1.82) is 0 Å². The van der Waals surface area contributed by atoms with Gasteiger partial charge in [0.1, 0.15) is 5.82 Å². The molecule has 7 nitrogen and oxygen atoms in total. The Morgan fingerprint density at radius 1 is 1.47 bits per heavy atom. The maximum atomic E-state index is 11.8. The Bertz CT molecular complexity index is 495. The zero-order valence-electron chi connectivity index (χ0n) is 8.97. The maximum absolute atomic E-state index is 11.8. The highest BCUT2D eigenvalue weighted by molar-refractivity contribution is 5.99. The second-order valence-corrected chi connectivity index (χ2v) is 3.28. The SMILES string of the molecule is NNc1ccncc1C(=O)NCc1ncc[nH]1. The first-order valence-corrected chi connectivity index (χ1v) is 4.98. The van der Waals surface area contributed by atoms with E-state index in [2.05, 4.69) is 25.7 Å². The van der Waals surface area contributed by atoms with E-state index < -0.39 is 0 Å². The van der Waals surface area contributed by atoms with Gasteiger partial charge in [-0.2, -0.15) is 0 Å². The number of nitrogen functional groups attached to an aromatic ring is 1. The fourth-order valence-electron chi connectivity index (χ4n) is 1.36. The number of carbonyl (C=O) groups is 1. The van der Waals surface area contributed by atoms with Gasteiger partial charge in [-0.1, -0.05) is 0 Å². The average molecular weight is 232 g/mol. The van der Waals surface area contributed by atoms with Gasteiger partial charge in [-0.15, -0.1) is 0 Å². The molecular formula is C10H12N6O. The molecular weight excluding hydrogens is 220 g/mol. The molecule has 0 fully saturated rings. The van der Waals surface area contributed by atoms with Crippen LogP contribution < -0.4 is 16.6 Å². The van der Waals surface area contributed by atoms with Crippen LogP contribution in [0.2, 0.25) is 0 Å². The minimum Gasteiger partial charge on any atom is -0.347 e. The predicted molar refractivity (Wildman–Crippen MR) is 61.8 cm³/mol. The molecule has 7 heteroatoms. The van der Waals surface area contributed by atoms with Gasteiger partial charge in [0.15, 0.2) is 0 Å². The van der Waals surface area contributed by atoms with Crippen LogP contribution in [-0.4, -0.2) is 20.9 Å². The topological polar surface area (TPSA) is 109 Å². The van der Waals surface area contributed by atoms with Crippen LogP contribution in [0.4, 0.5) is 5.69 Å². The number of amides is 1. The van der Waals surface area contributed by atoms with E-state index in [4.69, 9.17) is 5.84 Å². The quantitative estimate of drug-likeness (QED) is 0.439. The Hall–Kier alpha value is -2.41. The molecule has 0 saturated carbocycles. The third-order valence-corrected chi connectivity index (χ3v) is 2.19. The number of rotatable bonds is 4. The smallest absolute Gasteiger partial charge is 0.255 e. The third-order valence-electron chi connectivity index (χ3n) is 2.19. The molecule has 5 N–H and O–H groups in total. The molecule has 0 spiro atoms. The van der Waals surface area contributed by atoms with Crippen LogP contribution in [0.5, 0.6) is 0 Å². The largest absolute Gasteiger partial charge is 0.347 e. The molecule has 0 aliphatic carbocycles. The number of nitrogens with zero attached hydrogens (tertiary/aromatic N) is 2. The van der Waals surface area contributed by atoms with E-state index in [1.807, 2.05) is 0 Å². The van der Waals surface area contributed by atoms with Crippen molar-refractivity contribution in [1.82, 2.24) is 20.3 Å². The van der Waals surface area contributed by atoms with Crippen molar-refractivity contribution < 1.29 is 4.79 Å². The molecule has 2 aromatic rings. The van der Waals surface area contributed by atoms with Crippen LogP contribution in [-0.2, 0) is 6.54 Å². The average Bonchev–Trinajstić information content (AvgIpc) is 2.89. The van der Waals surface area contributed by atoms with Gasteiger partial charge in [0.25, 0.3) is 5.91 Å². The molecule has 17 heavy (non-hydrogen) atoms. The number of aromatic amines is 1. The van der Waals surface area contributed by atoms with Gasteiger partial charge in [-0.25, -0.2) is 4.98 Å². The molecule has 0 saturated heterocycles. The van der Waals surface area contributed by atoms with Gasteiger partial charge in [-0.05, 0) is 6.07 Å². The molecule has 1 amide bonds. The number of imidazole rings is 1. The number of hydrazine groups is 1. The number of anilines is 1. The molecule has 0 aliphatic rings. The lowest BCUT2D eigenvalue weighted by Crippen LogP contribution is -2.25. The summed E-state index contributed by atoms with van der Waals surface area (Å²) in [4.78, 5) is 22.6. The van der Waals surface area contributed by atoms with Crippen LogP contribution in [0.3, 0.4) is 0 Å². The third kappa shape index (κ3) is 2.58. The van der Waals surface area contributed by atoms with Gasteiger partial charge >= 0.3 is 0 Å². The molecule has 0 aromatic carbocycles. The Balaban J connectivity index is 2.04. The summed E-state index contributed by atoms with van der Waals surface area (Å²) in [6.45, 7) is 0.324. The zero-order valence-corrected chi connectivity index (χ0v) is 8.97. The molecule has 0 bridgehead atoms. The number of nitrogens with one attached hydrogen (secondary N) is 3. The first-order valence-electron chi connectivity index (χ1n) is 4.98. The molecule has 2 rings (SSSR count). The second-order valence-electron chi connectivity index (χ2n) is 3.28. The summed E-state index contributed by atoms with van der Waals surface area (Å²) in [5, 5.41) is 2.71. The minimum absolute atomic E-state index is 0.262. The first kappa shape index (κ1) is 11.1. The van der Waals surface area contributed by atoms with Crippen LogP contribution in [0.25, 0.3) is 0 Å². The Labute approximate surface area is 97.4 Å². The summed E-state index contributed by atoms with van der Waals surface area (Å²) in [6.07, 6.45) is 6.32. The van der Waals surface area contributed by atoms with Crippen molar-refractivity contribution in [2.24, 2.45) is 5.84 Å². The van der Waals surface area contributed by atoms with Gasteiger partial charge in [0.2, 0.25) is 0 Å². The van der Waals surface area contributed by atoms with E-state index in [9.17, 15) is 4.79 Å². The Morgan fingerprint density at radius 2 is 2.35 bits per heavy atom. The van der Waals surface area contributed by atoms with Gasteiger partial charge < -0.3 is 15.7 Å². The molecule has 0 radical (unpaired) electrons. The molecule has 0 aliphatic heterocycles. The summed E-state index contributed by atoms with van der Waals surface area (Å²) < 4.78 is 0. The van der Waals surface area contributed by atoms with Gasteiger partial charge in [0.05, 0.1) is 17.8 Å². The van der Waals surface area contributed by atoms with Crippen LogP contribution in [0.15, 0.2) is 30.9 Å². The van der Waals surface area contributed by atoms with Gasteiger partial charge in [0, 0.05) is 24.8 Å². The van der Waals surface area contributed by atoms with E-state index in [0.717, 1.165) is 0 Å². The molecule has 2 aromatic heterocycles. The number of hydrogen-bond acceptors (Lipinski definition) is 5. The lowest BCUT2D eigenvalue weighted by atomic mass is 10.2. The maximum Gasteiger partial charge on any atom is 0.255 e. The van der Waals surface area contributed by atoms with Crippen molar-refractivity contribution in [3.63, 3.8) is 0 Å². The zero-order chi connectivity index (χ0) is 12.1. The number of aromatic nitrogens is 3. The van der Waals surface area contributed by atoms with Crippen LogP contribution in [0.1, 0.15) is 16.2 Å². The molecule has 88 valence electrons. The lowest BCUT2D eigenvalue weighted by Gasteiger charge is -2.07. The first-order chi connectivity index (χ1) is 8.31. The van der Waals surface area contributed by atoms with Crippen molar-refractivity contribution in [2.45, 2.75) is 6.54 Å². The highest BCUT2D eigenvalue weighted by atomic mass is 16.1. The van der Waals surface area contributed by atoms with E-state index >= 15 is 0 Å². The predicted octanol–water partition coefficient (Wildman–Crippen LogP) is 0.0203. The normalized spacial score (nSPS) is 9.94. The van der Waals surface area contributed by atoms with Crippen molar-refractivity contribution in [3.8, 4) is 0 Å². The highest BCUT2D eigenvalue weighted by Crippen LogP contribution is 2.11. The van der Waals surface area contributed by atoms with Crippen LogP contribution >= 0.6 is 0 Å². The highest BCUT2D eigenvalue weighted by Gasteiger charge is 2.10. The van der Waals surface area contributed by atoms with Crippen LogP contribution in [0, 0.1) is 0 Å². The van der Waals surface area contributed by atoms with E-state index in [0.29, 0.717) is 23.6 Å². The van der Waals surface area contributed by atoms with E-state index in [1.54, 1.807) is 24.7 Å². The number of hydrogen-bond donors (Lipinski definition) is 4. The molecule has 0 atom stereocenters. The van der Waals surface area contributed by atoms with E-state index in [-0.39, 0.29) is 5.91 Å². The summed E-state index contributed by atoms with van der Waals surface area (Å²) in [7, 11) is 0. The Kier molecular flexibility index (Phi) is 3.31. The lowest BCUT2D eigenvalue weighted by molar-refractivity contribution is 0.0950. The van der Waals surface area contributed by atoms with Crippen molar-refractivity contribution in [3.05, 3.63) is 42.2 Å². The minimum atomic E-state index is -0.262. The fraction of sp³-hybridized carbons (Fsp3) is 0.100. The summed E-state index contributed by atoms with van der Waals surface area (Å²) in [5.41, 5.74) is 3.36. The van der Waals surface area contributed by atoms with E-state index in [1.165, 1.54) is 6.20 Å². The standard InChI is InChI=1S/C10H12N6O/c11-16-8-1-2-12-5-7(8)10(17)15-6-9-13-3-4-14-9/h1-5H,6,11H2,(H,12,16)(H,13,14)(H,15,17). The number of H-pyrrole nitrogens is 1. The number of pyridine rings is 1. The number of carbonyl (C=O) groups excluding carboxylic acids is 1. The van der Waals surface area contributed by atoms with Crippen molar-refractivity contribution >= 4 is 11.6 Å². The van der Waals surface area contributed by atoms with Crippen molar-refractivity contribution in [2.75, 3.05) is 5.43 Å². The second kappa shape index (κ2) is 5.08. The van der Waals surface area contributed by atoms with Gasteiger partial charge in [-0.3, -0.25) is 15.6 Å². The summed E-state index contributed by atoms with van der Waals surface area (Å²) >= 11 is 0.